The summed E-state index contributed by atoms with van der Waals surface area (Å²) in [4.78, 5) is 6.87. The first-order chi connectivity index (χ1) is 15.6. The zero-order valence-electron chi connectivity index (χ0n) is 17.9. The third-order valence-corrected chi connectivity index (χ3v) is 7.94. The van der Waals surface area contributed by atoms with Crippen molar-refractivity contribution in [3.63, 3.8) is 0 Å². The molecule has 0 spiro atoms. The fourth-order valence-electron chi connectivity index (χ4n) is 4.55. The van der Waals surface area contributed by atoms with Crippen LogP contribution < -0.4 is 4.72 Å². The molecule has 0 radical (unpaired) electrons. The van der Waals surface area contributed by atoms with E-state index in [2.05, 4.69) is 20.7 Å². The van der Waals surface area contributed by atoms with Crippen molar-refractivity contribution in [2.75, 3.05) is 26.2 Å². The molecule has 0 bridgehead atoms. The Morgan fingerprint density at radius 2 is 1.88 bits per heavy atom. The number of hydrogen-bond acceptors (Lipinski definition) is 5. The van der Waals surface area contributed by atoms with Gasteiger partial charge in [-0.1, -0.05) is 30.3 Å². The van der Waals surface area contributed by atoms with Gasteiger partial charge in [0.15, 0.2) is 0 Å². The van der Waals surface area contributed by atoms with Gasteiger partial charge >= 0.3 is 0 Å². The third-order valence-electron chi connectivity index (χ3n) is 6.46. The summed E-state index contributed by atoms with van der Waals surface area (Å²) in [6.07, 6.45) is 8.14. The van der Waals surface area contributed by atoms with Crippen molar-refractivity contribution in [3.05, 3.63) is 72.8 Å². The number of aromatic nitrogens is 1. The van der Waals surface area contributed by atoms with Crippen molar-refractivity contribution in [1.82, 2.24) is 14.6 Å². The highest BCUT2D eigenvalue weighted by atomic mass is 32.2. The molecule has 2 aromatic heterocycles. The molecule has 1 aliphatic heterocycles. The van der Waals surface area contributed by atoms with Gasteiger partial charge in [0, 0.05) is 41.6 Å². The normalized spacial score (nSPS) is 16.1. The van der Waals surface area contributed by atoms with E-state index in [0.29, 0.717) is 22.7 Å². The van der Waals surface area contributed by atoms with Crippen LogP contribution in [-0.4, -0.2) is 44.5 Å². The van der Waals surface area contributed by atoms with E-state index in [9.17, 15) is 8.42 Å². The highest BCUT2D eigenvalue weighted by Gasteiger charge is 2.23. The lowest BCUT2D eigenvalue weighted by atomic mass is 9.97. The van der Waals surface area contributed by atoms with Gasteiger partial charge in [-0.05, 0) is 62.0 Å². The van der Waals surface area contributed by atoms with E-state index in [0.717, 1.165) is 49.9 Å². The predicted octanol–water partition coefficient (Wildman–Crippen LogP) is 4.21. The van der Waals surface area contributed by atoms with Crippen molar-refractivity contribution in [3.8, 4) is 0 Å². The first-order valence-electron chi connectivity index (χ1n) is 11.1. The van der Waals surface area contributed by atoms with Crippen LogP contribution in [0.2, 0.25) is 0 Å². The van der Waals surface area contributed by atoms with Gasteiger partial charge in [-0.3, -0.25) is 4.98 Å². The van der Waals surface area contributed by atoms with Gasteiger partial charge in [-0.2, -0.15) is 0 Å². The zero-order chi connectivity index (χ0) is 22.0. The zero-order valence-corrected chi connectivity index (χ0v) is 18.7. The minimum absolute atomic E-state index is 0.321. The molecule has 1 N–H and O–H groups in total. The predicted molar refractivity (Wildman–Crippen MR) is 126 cm³/mol. The van der Waals surface area contributed by atoms with Crippen molar-refractivity contribution in [2.45, 2.75) is 24.2 Å². The van der Waals surface area contributed by atoms with Crippen molar-refractivity contribution >= 4 is 31.8 Å². The van der Waals surface area contributed by atoms with Gasteiger partial charge in [-0.15, -0.1) is 0 Å². The molecule has 0 unspecified atom stereocenters. The second-order valence-electron chi connectivity index (χ2n) is 8.50. The Balaban J connectivity index is 1.14. The molecule has 2 aromatic carbocycles. The van der Waals surface area contributed by atoms with Crippen molar-refractivity contribution in [1.29, 1.82) is 0 Å². The Bertz CT molecular complexity index is 1320. The number of nitrogens with zero attached hydrogens (tertiary/aromatic N) is 2. The van der Waals surface area contributed by atoms with Crippen molar-refractivity contribution < 1.29 is 12.8 Å². The van der Waals surface area contributed by atoms with Crippen LogP contribution in [0.15, 0.2) is 76.5 Å². The van der Waals surface area contributed by atoms with Gasteiger partial charge in [0.2, 0.25) is 10.0 Å². The molecule has 7 heteroatoms. The Kier molecular flexibility index (Phi) is 5.95. The highest BCUT2D eigenvalue weighted by molar-refractivity contribution is 7.89. The highest BCUT2D eigenvalue weighted by Crippen LogP contribution is 2.24. The largest absolute Gasteiger partial charge is 0.464 e. The molecule has 32 heavy (non-hydrogen) atoms. The van der Waals surface area contributed by atoms with Crippen LogP contribution in [0.5, 0.6) is 0 Å². The molecule has 0 amide bonds. The molecule has 1 fully saturated rings. The number of sulfonamides is 1. The lowest BCUT2D eigenvalue weighted by Crippen LogP contribution is -2.39. The molecule has 0 saturated carbocycles. The maximum absolute atomic E-state index is 12.9. The van der Waals surface area contributed by atoms with E-state index in [4.69, 9.17) is 4.42 Å². The second kappa shape index (κ2) is 9.02. The number of furan rings is 1. The molecule has 3 heterocycles. The number of hydrogen-bond donors (Lipinski definition) is 1. The standard InChI is InChI=1S/C25H27N3O3S/c29-32(30,25-7-3-4-20-17-26-12-8-23(20)25)27-16-19-9-13-28(14-10-19)15-11-21-18-31-24-6-2-1-5-22(21)24/h1-8,12,17-19,27H,9-11,13-16H2. The summed E-state index contributed by atoms with van der Waals surface area (Å²) in [5.41, 5.74) is 2.19. The van der Waals surface area contributed by atoms with Crippen LogP contribution in [0, 0.1) is 5.92 Å². The van der Waals surface area contributed by atoms with Crippen LogP contribution in [0.25, 0.3) is 21.7 Å². The molecule has 0 aliphatic carbocycles. The number of benzene rings is 2. The van der Waals surface area contributed by atoms with Crippen LogP contribution >= 0.6 is 0 Å². The molecule has 1 saturated heterocycles. The Morgan fingerprint density at radius 3 is 2.75 bits per heavy atom. The quantitative estimate of drug-likeness (QED) is 0.457. The number of pyridine rings is 1. The van der Waals surface area contributed by atoms with Gasteiger partial charge in [0.1, 0.15) is 5.58 Å². The van der Waals surface area contributed by atoms with Crippen LogP contribution in [0.3, 0.4) is 0 Å². The van der Waals surface area contributed by atoms with Gasteiger partial charge in [0.05, 0.1) is 11.2 Å². The average Bonchev–Trinajstić information content (AvgIpc) is 3.25. The average molecular weight is 450 g/mol. The van der Waals surface area contributed by atoms with E-state index < -0.39 is 10.0 Å². The summed E-state index contributed by atoms with van der Waals surface area (Å²) < 4.78 is 34.4. The SMILES string of the molecule is O=S(=O)(NCC1CCN(CCc2coc3ccccc23)CC1)c1cccc2cnccc12. The summed E-state index contributed by atoms with van der Waals surface area (Å²) in [6, 6.07) is 15.2. The van der Waals surface area contributed by atoms with Crippen LogP contribution in [-0.2, 0) is 16.4 Å². The topological polar surface area (TPSA) is 75.4 Å². The maximum atomic E-state index is 12.9. The van der Waals surface area contributed by atoms with E-state index >= 15 is 0 Å². The Hall–Kier alpha value is -2.74. The van der Waals surface area contributed by atoms with Gasteiger partial charge in [-0.25, -0.2) is 13.1 Å². The van der Waals surface area contributed by atoms with Crippen LogP contribution in [0.1, 0.15) is 18.4 Å². The number of piperidine rings is 1. The van der Waals surface area contributed by atoms with E-state index in [-0.39, 0.29) is 0 Å². The maximum Gasteiger partial charge on any atom is 0.241 e. The lowest BCUT2D eigenvalue weighted by Gasteiger charge is -2.32. The van der Waals surface area contributed by atoms with Gasteiger partial charge < -0.3 is 9.32 Å². The number of rotatable bonds is 7. The van der Waals surface area contributed by atoms with E-state index in [1.807, 2.05) is 30.5 Å². The fourth-order valence-corrected chi connectivity index (χ4v) is 5.90. The van der Waals surface area contributed by atoms with Crippen LogP contribution in [0.4, 0.5) is 0 Å². The van der Waals surface area contributed by atoms with Gasteiger partial charge in [0.25, 0.3) is 0 Å². The smallest absolute Gasteiger partial charge is 0.241 e. The number of nitrogens with one attached hydrogen (secondary N) is 1. The minimum atomic E-state index is -3.56. The monoisotopic (exact) mass is 449 g/mol. The summed E-state index contributed by atoms with van der Waals surface area (Å²) >= 11 is 0. The second-order valence-corrected chi connectivity index (χ2v) is 10.2. The summed E-state index contributed by atoms with van der Waals surface area (Å²) in [7, 11) is -3.56. The van der Waals surface area contributed by atoms with Crippen molar-refractivity contribution in [2.24, 2.45) is 5.92 Å². The Morgan fingerprint density at radius 1 is 1.03 bits per heavy atom. The first kappa shape index (κ1) is 21.1. The summed E-state index contributed by atoms with van der Waals surface area (Å²) in [5, 5.41) is 2.73. The molecule has 0 atom stereocenters. The number of likely N-dealkylation sites (tertiary alicyclic amines) is 1. The van der Waals surface area contributed by atoms with E-state index in [1.54, 1.807) is 30.6 Å². The minimum Gasteiger partial charge on any atom is -0.464 e. The molecular weight excluding hydrogens is 422 g/mol. The summed E-state index contributed by atoms with van der Waals surface area (Å²) in [6.45, 7) is 3.44. The lowest BCUT2D eigenvalue weighted by molar-refractivity contribution is 0.187. The molecule has 166 valence electrons. The fraction of sp³-hybridized carbons (Fsp3) is 0.320. The molecular formula is C25H27N3O3S. The Labute approximate surface area is 188 Å². The van der Waals surface area contributed by atoms with E-state index in [1.165, 1.54) is 10.9 Å². The summed E-state index contributed by atoms with van der Waals surface area (Å²) in [5.74, 6) is 0.354. The number of para-hydroxylation sites is 1. The third kappa shape index (κ3) is 4.41. The molecule has 5 rings (SSSR count). The molecule has 1 aliphatic rings. The first-order valence-corrected chi connectivity index (χ1v) is 12.6. The molecule has 6 nitrogen and oxygen atoms in total. The molecule has 4 aromatic rings. The number of fused-ring (bicyclic) bond motifs is 2.